The summed E-state index contributed by atoms with van der Waals surface area (Å²) in [6.07, 6.45) is 8.83. The van der Waals surface area contributed by atoms with Gasteiger partial charge in [-0.15, -0.1) is 0 Å². The summed E-state index contributed by atoms with van der Waals surface area (Å²) in [5, 5.41) is 0. The molecule has 1 aromatic rings. The molecule has 1 aliphatic carbocycles. The molecule has 1 atom stereocenters. The molecule has 78 valence electrons. The lowest BCUT2D eigenvalue weighted by atomic mass is 9.83. The van der Waals surface area contributed by atoms with E-state index in [0.29, 0.717) is 5.92 Å². The number of hydrogen-bond donors (Lipinski definition) is 1. The number of nitrogens with two attached hydrogens (primary N) is 1. The van der Waals surface area contributed by atoms with Gasteiger partial charge in [0.25, 0.3) is 0 Å². The van der Waals surface area contributed by atoms with Crippen molar-refractivity contribution in [2.24, 2.45) is 18.7 Å². The van der Waals surface area contributed by atoms with Gasteiger partial charge < -0.3 is 10.3 Å². The van der Waals surface area contributed by atoms with E-state index in [1.54, 1.807) is 0 Å². The summed E-state index contributed by atoms with van der Waals surface area (Å²) in [5.41, 5.74) is 7.58. The van der Waals surface area contributed by atoms with Crippen LogP contribution in [0.1, 0.15) is 43.8 Å². The van der Waals surface area contributed by atoms with Gasteiger partial charge in [-0.25, -0.2) is 0 Å². The topological polar surface area (TPSA) is 30.9 Å². The van der Waals surface area contributed by atoms with Crippen molar-refractivity contribution in [3.63, 3.8) is 0 Å². The van der Waals surface area contributed by atoms with Crippen molar-refractivity contribution >= 4 is 0 Å². The molecule has 2 N–H and O–H groups in total. The minimum absolute atomic E-state index is 0.246. The Kier molecular flexibility index (Phi) is 2.92. The molecule has 14 heavy (non-hydrogen) atoms. The summed E-state index contributed by atoms with van der Waals surface area (Å²) in [6, 6.07) is 4.48. The second-order valence-electron chi connectivity index (χ2n) is 4.47. The van der Waals surface area contributed by atoms with Crippen LogP contribution in [0.25, 0.3) is 0 Å². The quantitative estimate of drug-likeness (QED) is 0.767. The fourth-order valence-corrected chi connectivity index (χ4v) is 2.56. The highest BCUT2D eigenvalue weighted by atomic mass is 15.0. The van der Waals surface area contributed by atoms with Crippen LogP contribution >= 0.6 is 0 Å². The molecule has 0 saturated heterocycles. The molecule has 2 nitrogen and oxygen atoms in total. The number of hydrogen-bond acceptors (Lipinski definition) is 1. The number of rotatable bonds is 2. The highest BCUT2D eigenvalue weighted by molar-refractivity contribution is 5.12. The van der Waals surface area contributed by atoms with Crippen molar-refractivity contribution in [1.29, 1.82) is 0 Å². The first-order valence-electron chi connectivity index (χ1n) is 5.66. The van der Waals surface area contributed by atoms with Crippen LogP contribution in [-0.2, 0) is 7.05 Å². The van der Waals surface area contributed by atoms with Gasteiger partial charge in [0.1, 0.15) is 0 Å². The first-order valence-corrected chi connectivity index (χ1v) is 5.66. The molecule has 1 heterocycles. The Hall–Kier alpha value is -0.760. The largest absolute Gasteiger partial charge is 0.353 e. The first-order chi connectivity index (χ1) is 6.79. The Bertz CT molecular complexity index is 284. The zero-order valence-corrected chi connectivity index (χ0v) is 8.95. The summed E-state index contributed by atoms with van der Waals surface area (Å²) in [7, 11) is 2.08. The Morgan fingerprint density at radius 1 is 1.36 bits per heavy atom. The summed E-state index contributed by atoms with van der Waals surface area (Å²) in [4.78, 5) is 0. The highest BCUT2D eigenvalue weighted by Gasteiger charge is 2.22. The third-order valence-electron chi connectivity index (χ3n) is 3.48. The van der Waals surface area contributed by atoms with E-state index in [2.05, 4.69) is 29.9 Å². The van der Waals surface area contributed by atoms with E-state index in [4.69, 9.17) is 5.73 Å². The highest BCUT2D eigenvalue weighted by Crippen LogP contribution is 2.32. The molecule has 2 heteroatoms. The van der Waals surface area contributed by atoms with Crippen molar-refractivity contribution in [2.75, 3.05) is 0 Å². The Morgan fingerprint density at radius 2 is 2.07 bits per heavy atom. The molecule has 1 aromatic heterocycles. The predicted octanol–water partition coefficient (Wildman–Crippen LogP) is 2.61. The van der Waals surface area contributed by atoms with Crippen molar-refractivity contribution in [3.8, 4) is 0 Å². The van der Waals surface area contributed by atoms with Crippen LogP contribution in [0.3, 0.4) is 0 Å². The van der Waals surface area contributed by atoms with Gasteiger partial charge in [0.2, 0.25) is 0 Å². The van der Waals surface area contributed by atoms with Crippen LogP contribution in [0, 0.1) is 5.92 Å². The first kappa shape index (κ1) is 9.78. The van der Waals surface area contributed by atoms with Gasteiger partial charge >= 0.3 is 0 Å². The molecule has 0 aromatic carbocycles. The Balaban J connectivity index is 2.07. The van der Waals surface area contributed by atoms with Gasteiger partial charge in [0.05, 0.1) is 0 Å². The van der Waals surface area contributed by atoms with E-state index in [9.17, 15) is 0 Å². The maximum absolute atomic E-state index is 6.29. The van der Waals surface area contributed by atoms with E-state index in [-0.39, 0.29) is 6.04 Å². The van der Waals surface area contributed by atoms with Crippen LogP contribution in [0.5, 0.6) is 0 Å². The number of aryl methyl sites for hydroxylation is 1. The monoisotopic (exact) mass is 192 g/mol. The van der Waals surface area contributed by atoms with Gasteiger partial charge in [-0.3, -0.25) is 0 Å². The molecule has 0 radical (unpaired) electrons. The molecule has 1 aliphatic rings. The molecular formula is C12H20N2. The molecule has 2 rings (SSSR count). The summed E-state index contributed by atoms with van der Waals surface area (Å²) in [6.45, 7) is 0. The molecular weight excluding hydrogens is 172 g/mol. The van der Waals surface area contributed by atoms with Gasteiger partial charge in [-0.1, -0.05) is 19.3 Å². The van der Waals surface area contributed by atoms with E-state index in [1.165, 1.54) is 37.8 Å². The number of aromatic nitrogens is 1. The van der Waals surface area contributed by atoms with E-state index < -0.39 is 0 Å². The summed E-state index contributed by atoms with van der Waals surface area (Å²) < 4.78 is 2.15. The second kappa shape index (κ2) is 4.18. The lowest BCUT2D eigenvalue weighted by Crippen LogP contribution is -2.25. The molecule has 0 amide bonds. The fourth-order valence-electron chi connectivity index (χ4n) is 2.56. The predicted molar refractivity (Wildman–Crippen MR) is 58.9 cm³/mol. The average molecular weight is 192 g/mol. The molecule has 1 fully saturated rings. The summed E-state index contributed by atoms with van der Waals surface area (Å²) >= 11 is 0. The normalized spacial score (nSPS) is 21.0. The van der Waals surface area contributed by atoms with Crippen molar-refractivity contribution in [1.82, 2.24) is 4.57 Å². The lowest BCUT2D eigenvalue weighted by Gasteiger charge is -2.27. The Labute approximate surface area is 86.1 Å². The fraction of sp³-hybridized carbons (Fsp3) is 0.667. The van der Waals surface area contributed by atoms with Crippen LogP contribution < -0.4 is 5.73 Å². The molecule has 0 spiro atoms. The minimum atomic E-state index is 0.246. The number of nitrogens with zero attached hydrogens (tertiary/aromatic N) is 1. The third-order valence-corrected chi connectivity index (χ3v) is 3.48. The maximum Gasteiger partial charge on any atom is 0.0478 e. The second-order valence-corrected chi connectivity index (χ2v) is 4.47. The SMILES string of the molecule is Cn1cccc1[C@@H](N)C1CCCCC1. The zero-order valence-electron chi connectivity index (χ0n) is 8.95. The summed E-state index contributed by atoms with van der Waals surface area (Å²) in [5.74, 6) is 0.706. The smallest absolute Gasteiger partial charge is 0.0478 e. The van der Waals surface area contributed by atoms with E-state index >= 15 is 0 Å². The van der Waals surface area contributed by atoms with E-state index in [1.807, 2.05) is 0 Å². The van der Waals surface area contributed by atoms with Gasteiger partial charge in [-0.2, -0.15) is 0 Å². The van der Waals surface area contributed by atoms with Crippen LogP contribution in [0.4, 0.5) is 0 Å². The van der Waals surface area contributed by atoms with Crippen LogP contribution in [0.2, 0.25) is 0 Å². The van der Waals surface area contributed by atoms with Crippen LogP contribution in [-0.4, -0.2) is 4.57 Å². The van der Waals surface area contributed by atoms with Crippen LogP contribution in [0.15, 0.2) is 18.3 Å². The molecule has 1 saturated carbocycles. The van der Waals surface area contributed by atoms with Gasteiger partial charge in [-0.05, 0) is 30.9 Å². The van der Waals surface area contributed by atoms with E-state index in [0.717, 1.165) is 0 Å². The van der Waals surface area contributed by atoms with Crippen molar-refractivity contribution in [3.05, 3.63) is 24.0 Å². The minimum Gasteiger partial charge on any atom is -0.353 e. The van der Waals surface area contributed by atoms with Gasteiger partial charge in [0.15, 0.2) is 0 Å². The average Bonchev–Trinajstić information content (AvgIpc) is 2.65. The zero-order chi connectivity index (χ0) is 9.97. The standard InChI is InChI=1S/C12H20N2/c1-14-9-5-8-11(14)12(13)10-6-3-2-4-7-10/h5,8-10,12H,2-4,6-7,13H2,1H3/t12-/m0/s1. The third kappa shape index (κ3) is 1.85. The van der Waals surface area contributed by atoms with Gasteiger partial charge in [0, 0.05) is 25.0 Å². The Morgan fingerprint density at radius 3 is 2.64 bits per heavy atom. The van der Waals surface area contributed by atoms with Crippen molar-refractivity contribution in [2.45, 2.75) is 38.1 Å². The molecule has 0 aliphatic heterocycles. The lowest BCUT2D eigenvalue weighted by molar-refractivity contribution is 0.302. The molecule has 0 bridgehead atoms. The van der Waals surface area contributed by atoms with Crippen molar-refractivity contribution < 1.29 is 0 Å². The maximum atomic E-state index is 6.29. The molecule has 0 unspecified atom stereocenters.